The van der Waals surface area contributed by atoms with Crippen LogP contribution in [0.4, 0.5) is 15.8 Å². The largest absolute Gasteiger partial charge is 0.496 e. The molecule has 39 heavy (non-hydrogen) atoms. The number of Topliss-reactive ketones (excluding diaryl/α,β-unsaturated/α-hetero) is 1. The van der Waals surface area contributed by atoms with Gasteiger partial charge in [-0.25, -0.2) is 4.39 Å². The summed E-state index contributed by atoms with van der Waals surface area (Å²) in [6, 6.07) is 14.2. The van der Waals surface area contributed by atoms with Gasteiger partial charge in [-0.2, -0.15) is 0 Å². The van der Waals surface area contributed by atoms with Crippen LogP contribution in [-0.4, -0.2) is 31.4 Å². The standard InChI is InChI=1S/C32H37FN2O4/c1-7-8-9-23(36)16-21-11-13-25(29(17-21)38-6)24-14-15-27-30(35(5)31(37)32(3,4)34-27)26(24)19-39-28-18-22(33)12-10-20(28)2/h10-15,17-18,34H,7-9,16,19H2,1-6H3. The number of halogens is 1. The van der Waals surface area contributed by atoms with Crippen molar-refractivity contribution < 1.29 is 23.5 Å². The number of anilines is 2. The van der Waals surface area contributed by atoms with E-state index in [9.17, 15) is 14.0 Å². The van der Waals surface area contributed by atoms with Crippen LogP contribution in [0, 0.1) is 12.7 Å². The molecule has 0 spiro atoms. The smallest absolute Gasteiger partial charge is 0.251 e. The van der Waals surface area contributed by atoms with E-state index in [1.807, 2.05) is 51.1 Å². The molecule has 206 valence electrons. The zero-order valence-corrected chi connectivity index (χ0v) is 23.6. The summed E-state index contributed by atoms with van der Waals surface area (Å²) in [5, 5.41) is 3.35. The van der Waals surface area contributed by atoms with Crippen LogP contribution in [0.25, 0.3) is 11.1 Å². The van der Waals surface area contributed by atoms with Crippen LogP contribution in [-0.2, 0) is 22.6 Å². The molecule has 0 unspecified atom stereocenters. The van der Waals surface area contributed by atoms with Crippen LogP contribution >= 0.6 is 0 Å². The first kappa shape index (κ1) is 28.1. The maximum Gasteiger partial charge on any atom is 0.251 e. The second kappa shape index (κ2) is 11.5. The van der Waals surface area contributed by atoms with Crippen LogP contribution < -0.4 is 19.7 Å². The Hall–Kier alpha value is -3.87. The Morgan fingerprint density at radius 3 is 2.51 bits per heavy atom. The number of methoxy groups -OCH3 is 1. The van der Waals surface area contributed by atoms with Gasteiger partial charge in [-0.15, -0.1) is 0 Å². The maximum atomic E-state index is 14.0. The predicted octanol–water partition coefficient (Wildman–Crippen LogP) is 6.86. The van der Waals surface area contributed by atoms with E-state index in [0.29, 0.717) is 30.0 Å². The number of nitrogens with zero attached hydrogens (tertiary/aromatic N) is 1. The van der Waals surface area contributed by atoms with Crippen molar-refractivity contribution in [1.82, 2.24) is 0 Å². The Morgan fingerprint density at radius 1 is 1.05 bits per heavy atom. The molecule has 0 radical (unpaired) electrons. The average Bonchev–Trinajstić information content (AvgIpc) is 2.90. The van der Waals surface area contributed by atoms with Crippen LogP contribution in [0.2, 0.25) is 0 Å². The first-order valence-electron chi connectivity index (χ1n) is 13.4. The van der Waals surface area contributed by atoms with Crippen molar-refractivity contribution in [2.45, 2.75) is 65.5 Å². The minimum atomic E-state index is -0.774. The number of carbonyl (C=O) groups excluding carboxylic acids is 2. The van der Waals surface area contributed by atoms with Crippen molar-refractivity contribution in [3.63, 3.8) is 0 Å². The number of ketones is 1. The topological polar surface area (TPSA) is 67.9 Å². The lowest BCUT2D eigenvalue weighted by Crippen LogP contribution is -2.52. The van der Waals surface area contributed by atoms with E-state index in [2.05, 4.69) is 12.2 Å². The Kier molecular flexibility index (Phi) is 8.28. The Bertz CT molecular complexity index is 1400. The first-order chi connectivity index (χ1) is 18.6. The zero-order valence-electron chi connectivity index (χ0n) is 23.6. The molecule has 4 rings (SSSR count). The molecule has 3 aromatic rings. The van der Waals surface area contributed by atoms with E-state index in [1.54, 1.807) is 25.1 Å². The summed E-state index contributed by atoms with van der Waals surface area (Å²) in [4.78, 5) is 27.3. The van der Waals surface area contributed by atoms with Gasteiger partial charge in [0.25, 0.3) is 5.91 Å². The lowest BCUT2D eigenvalue weighted by molar-refractivity contribution is -0.122. The fourth-order valence-corrected chi connectivity index (χ4v) is 5.07. The second-order valence-electron chi connectivity index (χ2n) is 10.7. The van der Waals surface area contributed by atoms with Crippen LogP contribution in [0.15, 0.2) is 48.5 Å². The fraction of sp³-hybridized carbons (Fsp3) is 0.375. The third-order valence-electron chi connectivity index (χ3n) is 7.19. The molecule has 1 amide bonds. The normalized spacial score (nSPS) is 14.0. The molecule has 1 heterocycles. The lowest BCUT2D eigenvalue weighted by Gasteiger charge is -2.39. The Labute approximate surface area is 230 Å². The van der Waals surface area contributed by atoms with E-state index < -0.39 is 5.54 Å². The SMILES string of the molecule is CCCCC(=O)Cc1ccc(-c2ccc3c(c2COc2cc(F)ccc2C)N(C)C(=O)C(C)(C)N3)c(OC)c1. The summed E-state index contributed by atoms with van der Waals surface area (Å²) in [5.74, 6) is 0.797. The first-order valence-corrected chi connectivity index (χ1v) is 13.4. The Balaban J connectivity index is 1.80. The number of hydrogen-bond acceptors (Lipinski definition) is 5. The summed E-state index contributed by atoms with van der Waals surface area (Å²) in [7, 11) is 3.36. The molecular formula is C32H37FN2O4. The summed E-state index contributed by atoms with van der Waals surface area (Å²) in [6.45, 7) is 7.72. The summed E-state index contributed by atoms with van der Waals surface area (Å²) >= 11 is 0. The van der Waals surface area contributed by atoms with Gasteiger partial charge in [-0.05, 0) is 62.1 Å². The number of carbonyl (C=O) groups is 2. The highest BCUT2D eigenvalue weighted by Gasteiger charge is 2.38. The molecular weight excluding hydrogens is 495 g/mol. The molecule has 1 aliphatic heterocycles. The van der Waals surface area contributed by atoms with Gasteiger partial charge in [0, 0.05) is 37.1 Å². The number of amides is 1. The average molecular weight is 533 g/mol. The van der Waals surface area contributed by atoms with E-state index in [0.717, 1.165) is 46.3 Å². The van der Waals surface area contributed by atoms with Crippen molar-refractivity contribution in [3.05, 3.63) is 71.0 Å². The molecule has 7 heteroatoms. The van der Waals surface area contributed by atoms with Gasteiger partial charge in [-0.3, -0.25) is 9.59 Å². The van der Waals surface area contributed by atoms with Gasteiger partial charge >= 0.3 is 0 Å². The number of rotatable bonds is 10. The zero-order chi connectivity index (χ0) is 28.3. The number of fused-ring (bicyclic) bond motifs is 1. The van der Waals surface area contributed by atoms with E-state index in [-0.39, 0.29) is 24.1 Å². The molecule has 0 aromatic heterocycles. The fourth-order valence-electron chi connectivity index (χ4n) is 5.07. The van der Waals surface area contributed by atoms with Gasteiger partial charge in [0.2, 0.25) is 0 Å². The molecule has 1 aliphatic rings. The van der Waals surface area contributed by atoms with Crippen molar-refractivity contribution in [1.29, 1.82) is 0 Å². The molecule has 1 N–H and O–H groups in total. The molecule has 0 atom stereocenters. The van der Waals surface area contributed by atoms with Gasteiger partial charge in [0.1, 0.15) is 35.2 Å². The molecule has 0 saturated carbocycles. The van der Waals surface area contributed by atoms with E-state index in [1.165, 1.54) is 12.1 Å². The highest BCUT2D eigenvalue weighted by molar-refractivity contribution is 6.08. The van der Waals surface area contributed by atoms with E-state index >= 15 is 0 Å². The number of benzene rings is 3. The van der Waals surface area contributed by atoms with Crippen LogP contribution in [0.5, 0.6) is 11.5 Å². The third-order valence-corrected chi connectivity index (χ3v) is 7.19. The van der Waals surface area contributed by atoms with Gasteiger partial charge in [0.15, 0.2) is 0 Å². The van der Waals surface area contributed by atoms with Crippen molar-refractivity contribution >= 4 is 23.1 Å². The molecule has 0 fully saturated rings. The monoisotopic (exact) mass is 532 g/mol. The number of ether oxygens (including phenoxy) is 2. The minimum absolute atomic E-state index is 0.0803. The number of likely N-dealkylation sites (N-methyl/N-ethyl adjacent to an activating group) is 1. The lowest BCUT2D eigenvalue weighted by atomic mass is 9.91. The van der Waals surface area contributed by atoms with Gasteiger partial charge in [-0.1, -0.05) is 37.6 Å². The Morgan fingerprint density at radius 2 is 1.79 bits per heavy atom. The summed E-state index contributed by atoms with van der Waals surface area (Å²) in [6.07, 6.45) is 2.78. The number of aryl methyl sites for hydroxylation is 1. The molecule has 0 aliphatic carbocycles. The summed E-state index contributed by atoms with van der Waals surface area (Å²) in [5.41, 5.74) is 4.82. The van der Waals surface area contributed by atoms with E-state index in [4.69, 9.17) is 9.47 Å². The van der Waals surface area contributed by atoms with Gasteiger partial charge < -0.3 is 19.7 Å². The molecule has 0 saturated heterocycles. The minimum Gasteiger partial charge on any atom is -0.496 e. The maximum absolute atomic E-state index is 14.0. The quantitative estimate of drug-likeness (QED) is 0.309. The molecule has 3 aromatic carbocycles. The number of unbranched alkanes of at least 4 members (excludes halogenated alkanes) is 1. The van der Waals surface area contributed by atoms with Crippen molar-refractivity contribution in [3.8, 4) is 22.6 Å². The highest BCUT2D eigenvalue weighted by Crippen LogP contribution is 2.44. The predicted molar refractivity (Wildman–Crippen MR) is 153 cm³/mol. The second-order valence-corrected chi connectivity index (χ2v) is 10.7. The highest BCUT2D eigenvalue weighted by atomic mass is 19.1. The third kappa shape index (κ3) is 5.92. The van der Waals surface area contributed by atoms with Crippen LogP contribution in [0.3, 0.4) is 0 Å². The van der Waals surface area contributed by atoms with Crippen LogP contribution in [0.1, 0.15) is 56.7 Å². The number of hydrogen-bond donors (Lipinski definition) is 1. The summed E-state index contributed by atoms with van der Waals surface area (Å²) < 4.78 is 25.9. The van der Waals surface area contributed by atoms with Gasteiger partial charge in [0.05, 0.1) is 18.5 Å². The van der Waals surface area contributed by atoms with Crippen molar-refractivity contribution in [2.24, 2.45) is 0 Å². The molecule has 6 nitrogen and oxygen atoms in total. The number of nitrogens with one attached hydrogen (secondary N) is 1. The van der Waals surface area contributed by atoms with Crippen molar-refractivity contribution in [2.75, 3.05) is 24.4 Å². The molecule has 0 bridgehead atoms.